The van der Waals surface area contributed by atoms with E-state index in [1.807, 2.05) is 30.8 Å². The summed E-state index contributed by atoms with van der Waals surface area (Å²) in [6, 6.07) is 1.78. The van der Waals surface area contributed by atoms with Crippen LogP contribution in [0.25, 0.3) is 10.2 Å². The number of carbonyl (C=O) groups excluding carboxylic acids is 1. The molecule has 3 aromatic heterocycles. The summed E-state index contributed by atoms with van der Waals surface area (Å²) in [7, 11) is 3.83. The molecule has 9 nitrogen and oxygen atoms in total. The van der Waals surface area contributed by atoms with E-state index in [0.29, 0.717) is 65.2 Å². The standard InChI is InChI=1S/C19H23N7O2S/c1-12-14-16(27)22-13(11-24(2)3)23-17(14)29-15(12)18(28)25-7-9-26(10-8-25)19-20-5-4-6-21-19/h4-6H,7-11H2,1-3H3,(H,22,23,27). The van der Waals surface area contributed by atoms with Gasteiger partial charge in [0.15, 0.2) is 0 Å². The topological polar surface area (TPSA) is 98.3 Å². The molecule has 152 valence electrons. The van der Waals surface area contributed by atoms with Crippen molar-refractivity contribution >= 4 is 33.4 Å². The van der Waals surface area contributed by atoms with E-state index >= 15 is 0 Å². The number of piperazine rings is 1. The molecule has 0 aliphatic carbocycles. The smallest absolute Gasteiger partial charge is 0.264 e. The Hall–Kier alpha value is -2.85. The van der Waals surface area contributed by atoms with E-state index in [-0.39, 0.29) is 11.5 Å². The first kappa shape index (κ1) is 19.5. The zero-order valence-corrected chi connectivity index (χ0v) is 17.5. The molecule has 3 aromatic rings. The van der Waals surface area contributed by atoms with E-state index in [1.54, 1.807) is 18.5 Å². The van der Waals surface area contributed by atoms with E-state index in [2.05, 4.69) is 24.8 Å². The highest BCUT2D eigenvalue weighted by atomic mass is 32.1. The minimum Gasteiger partial charge on any atom is -0.337 e. The molecule has 0 spiro atoms. The molecule has 1 saturated heterocycles. The fraction of sp³-hybridized carbons (Fsp3) is 0.421. The average Bonchev–Trinajstić information content (AvgIpc) is 3.04. The van der Waals surface area contributed by atoms with Crippen molar-refractivity contribution in [2.45, 2.75) is 13.5 Å². The largest absolute Gasteiger partial charge is 0.337 e. The van der Waals surface area contributed by atoms with Crippen LogP contribution in [0.3, 0.4) is 0 Å². The lowest BCUT2D eigenvalue weighted by atomic mass is 10.2. The average molecular weight is 414 g/mol. The third kappa shape index (κ3) is 3.85. The summed E-state index contributed by atoms with van der Waals surface area (Å²) in [4.78, 5) is 48.7. The summed E-state index contributed by atoms with van der Waals surface area (Å²) in [6.45, 7) is 4.87. The fourth-order valence-corrected chi connectivity index (χ4v) is 4.64. The molecule has 1 aliphatic rings. The lowest BCUT2D eigenvalue weighted by Gasteiger charge is -2.34. The molecular weight excluding hydrogens is 390 g/mol. The van der Waals surface area contributed by atoms with Crippen molar-refractivity contribution in [3.05, 3.63) is 45.1 Å². The number of amides is 1. The molecule has 4 rings (SSSR count). The number of fused-ring (bicyclic) bond motifs is 1. The first-order valence-corrected chi connectivity index (χ1v) is 10.2. The molecule has 0 saturated carbocycles. The monoisotopic (exact) mass is 413 g/mol. The van der Waals surface area contributed by atoms with E-state index < -0.39 is 0 Å². The van der Waals surface area contributed by atoms with Crippen molar-refractivity contribution in [3.63, 3.8) is 0 Å². The second kappa shape index (κ2) is 7.88. The molecule has 4 heterocycles. The number of aromatic amines is 1. The Labute approximate surface area is 172 Å². The van der Waals surface area contributed by atoms with Crippen LogP contribution in [-0.4, -0.2) is 75.9 Å². The fourth-order valence-electron chi connectivity index (χ4n) is 3.47. The summed E-state index contributed by atoms with van der Waals surface area (Å²) in [5, 5.41) is 0.511. The van der Waals surface area contributed by atoms with Crippen molar-refractivity contribution in [1.82, 2.24) is 29.7 Å². The van der Waals surface area contributed by atoms with Gasteiger partial charge in [0.2, 0.25) is 5.95 Å². The second-order valence-electron chi connectivity index (χ2n) is 7.31. The van der Waals surface area contributed by atoms with Crippen molar-refractivity contribution in [2.24, 2.45) is 0 Å². The van der Waals surface area contributed by atoms with E-state index in [9.17, 15) is 9.59 Å². The van der Waals surface area contributed by atoms with Gasteiger partial charge in [-0.15, -0.1) is 11.3 Å². The van der Waals surface area contributed by atoms with E-state index in [4.69, 9.17) is 0 Å². The van der Waals surface area contributed by atoms with Gasteiger partial charge in [-0.05, 0) is 32.6 Å². The normalized spacial score (nSPS) is 14.8. The van der Waals surface area contributed by atoms with Crippen LogP contribution in [0.5, 0.6) is 0 Å². The van der Waals surface area contributed by atoms with Crippen LogP contribution >= 0.6 is 11.3 Å². The van der Waals surface area contributed by atoms with Crippen LogP contribution < -0.4 is 10.5 Å². The summed E-state index contributed by atoms with van der Waals surface area (Å²) in [6.07, 6.45) is 3.44. The Kier molecular flexibility index (Phi) is 5.29. The quantitative estimate of drug-likeness (QED) is 0.684. The van der Waals surface area contributed by atoms with Gasteiger partial charge >= 0.3 is 0 Å². The minimum absolute atomic E-state index is 0.0484. The van der Waals surface area contributed by atoms with Crippen molar-refractivity contribution < 1.29 is 4.79 Å². The van der Waals surface area contributed by atoms with Crippen LogP contribution in [0.4, 0.5) is 5.95 Å². The highest BCUT2D eigenvalue weighted by Crippen LogP contribution is 2.28. The molecule has 0 aromatic carbocycles. The maximum atomic E-state index is 13.1. The Morgan fingerprint density at radius 2 is 1.90 bits per heavy atom. The maximum absolute atomic E-state index is 13.1. The van der Waals surface area contributed by atoms with Crippen LogP contribution in [0, 0.1) is 6.92 Å². The van der Waals surface area contributed by atoms with Crippen LogP contribution in [0.15, 0.2) is 23.3 Å². The Bertz CT molecular complexity index is 1090. The van der Waals surface area contributed by atoms with Crippen molar-refractivity contribution in [2.75, 3.05) is 45.2 Å². The lowest BCUT2D eigenvalue weighted by molar-refractivity contribution is 0.0750. The van der Waals surface area contributed by atoms with Gasteiger partial charge in [0.1, 0.15) is 10.7 Å². The van der Waals surface area contributed by atoms with Gasteiger partial charge in [-0.1, -0.05) is 0 Å². The summed E-state index contributed by atoms with van der Waals surface area (Å²) < 4.78 is 0. The molecule has 1 N–H and O–H groups in total. The van der Waals surface area contributed by atoms with Gasteiger partial charge in [0, 0.05) is 38.6 Å². The zero-order chi connectivity index (χ0) is 20.5. The lowest BCUT2D eigenvalue weighted by Crippen LogP contribution is -2.49. The maximum Gasteiger partial charge on any atom is 0.264 e. The van der Waals surface area contributed by atoms with Crippen LogP contribution in [-0.2, 0) is 6.54 Å². The SMILES string of the molecule is Cc1c(C(=O)N2CCN(c3ncccn3)CC2)sc2nc(CN(C)C)[nH]c(=O)c12. The van der Waals surface area contributed by atoms with Crippen molar-refractivity contribution in [1.29, 1.82) is 0 Å². The van der Waals surface area contributed by atoms with Gasteiger partial charge in [0.25, 0.3) is 11.5 Å². The zero-order valence-electron chi connectivity index (χ0n) is 16.7. The summed E-state index contributed by atoms with van der Waals surface area (Å²) in [5.74, 6) is 1.23. The Morgan fingerprint density at radius 3 is 2.55 bits per heavy atom. The van der Waals surface area contributed by atoms with Gasteiger partial charge in [0.05, 0.1) is 16.8 Å². The van der Waals surface area contributed by atoms with Gasteiger partial charge in [-0.2, -0.15) is 0 Å². The number of anilines is 1. The van der Waals surface area contributed by atoms with Crippen LogP contribution in [0.2, 0.25) is 0 Å². The highest BCUT2D eigenvalue weighted by Gasteiger charge is 2.27. The number of thiophene rings is 1. The predicted molar refractivity (Wildman–Crippen MR) is 113 cm³/mol. The summed E-state index contributed by atoms with van der Waals surface area (Å²) in [5.41, 5.74) is 0.514. The number of carbonyl (C=O) groups is 1. The number of hydrogen-bond donors (Lipinski definition) is 1. The molecular formula is C19H23N7O2S. The third-order valence-electron chi connectivity index (χ3n) is 4.91. The van der Waals surface area contributed by atoms with E-state index in [1.165, 1.54) is 11.3 Å². The van der Waals surface area contributed by atoms with Gasteiger partial charge < -0.3 is 19.7 Å². The molecule has 1 fully saturated rings. The molecule has 0 bridgehead atoms. The molecule has 1 aliphatic heterocycles. The first-order chi connectivity index (χ1) is 13.9. The number of nitrogens with zero attached hydrogens (tertiary/aromatic N) is 6. The van der Waals surface area contributed by atoms with Crippen molar-refractivity contribution in [3.8, 4) is 0 Å². The molecule has 0 radical (unpaired) electrons. The summed E-state index contributed by atoms with van der Waals surface area (Å²) >= 11 is 1.30. The molecule has 29 heavy (non-hydrogen) atoms. The van der Waals surface area contributed by atoms with E-state index in [0.717, 1.165) is 0 Å². The number of rotatable bonds is 4. The van der Waals surface area contributed by atoms with Crippen LogP contribution in [0.1, 0.15) is 21.1 Å². The first-order valence-electron chi connectivity index (χ1n) is 9.42. The number of aryl methyl sites for hydroxylation is 1. The Morgan fingerprint density at radius 1 is 1.21 bits per heavy atom. The predicted octanol–water partition coefficient (Wildman–Crippen LogP) is 1.11. The highest BCUT2D eigenvalue weighted by molar-refractivity contribution is 7.20. The molecule has 0 atom stereocenters. The number of aromatic nitrogens is 4. The second-order valence-corrected chi connectivity index (χ2v) is 8.31. The number of hydrogen-bond acceptors (Lipinski definition) is 8. The number of H-pyrrole nitrogens is 1. The van der Waals surface area contributed by atoms with Gasteiger partial charge in [-0.3, -0.25) is 9.59 Å². The minimum atomic E-state index is -0.189. The molecule has 10 heteroatoms. The third-order valence-corrected chi connectivity index (χ3v) is 6.09. The Balaban J connectivity index is 1.55. The van der Waals surface area contributed by atoms with Gasteiger partial charge in [-0.25, -0.2) is 15.0 Å². The molecule has 0 unspecified atom stereocenters. The molecule has 1 amide bonds. The number of nitrogens with one attached hydrogen (secondary N) is 1.